The zero-order chi connectivity index (χ0) is 16.2. The van der Waals surface area contributed by atoms with Crippen LogP contribution in [-0.4, -0.2) is 31.3 Å². The van der Waals surface area contributed by atoms with Crippen molar-refractivity contribution in [3.05, 3.63) is 59.2 Å². The van der Waals surface area contributed by atoms with Gasteiger partial charge < -0.3 is 15.0 Å². The molecule has 2 aromatic carbocycles. The summed E-state index contributed by atoms with van der Waals surface area (Å²) in [4.78, 5) is 14.6. The van der Waals surface area contributed by atoms with Crippen molar-refractivity contribution in [3.63, 3.8) is 0 Å². The Morgan fingerprint density at radius 3 is 2.96 bits per heavy atom. The standard InChI is InChI=1S/C18H19FN2O2/c1-21-8-7-13-5-6-16(9-15(13)11-21)20-18(22)14-3-2-4-17(10-14)23-12-19/h2-6,9-10H,7-8,11-12H2,1H3,(H,20,22). The highest BCUT2D eigenvalue weighted by atomic mass is 19.1. The number of hydrogen-bond acceptors (Lipinski definition) is 3. The van der Waals surface area contributed by atoms with Gasteiger partial charge in [0.15, 0.2) is 0 Å². The smallest absolute Gasteiger partial charge is 0.255 e. The quantitative estimate of drug-likeness (QED) is 0.942. The van der Waals surface area contributed by atoms with E-state index in [2.05, 4.69) is 23.3 Å². The van der Waals surface area contributed by atoms with Crippen molar-refractivity contribution < 1.29 is 13.9 Å². The molecule has 5 heteroatoms. The van der Waals surface area contributed by atoms with Gasteiger partial charge in [0.2, 0.25) is 6.86 Å². The molecule has 0 unspecified atom stereocenters. The summed E-state index contributed by atoms with van der Waals surface area (Å²) < 4.78 is 17.0. The Labute approximate surface area is 134 Å². The normalized spacial score (nSPS) is 14.2. The highest BCUT2D eigenvalue weighted by Crippen LogP contribution is 2.22. The van der Waals surface area contributed by atoms with Crippen LogP contribution in [0, 0.1) is 0 Å². The van der Waals surface area contributed by atoms with E-state index in [0.29, 0.717) is 11.3 Å². The zero-order valence-corrected chi connectivity index (χ0v) is 13.0. The fraction of sp³-hybridized carbons (Fsp3) is 0.278. The molecule has 0 bridgehead atoms. The highest BCUT2D eigenvalue weighted by Gasteiger charge is 2.14. The number of amides is 1. The number of hydrogen-bond donors (Lipinski definition) is 1. The molecule has 0 fully saturated rings. The number of fused-ring (bicyclic) bond motifs is 1. The van der Waals surface area contributed by atoms with Crippen molar-refractivity contribution in [1.29, 1.82) is 0 Å². The molecule has 4 nitrogen and oxygen atoms in total. The SMILES string of the molecule is CN1CCc2ccc(NC(=O)c3cccc(OCF)c3)cc2C1. The van der Waals surface area contributed by atoms with Crippen LogP contribution in [0.3, 0.4) is 0 Å². The maximum Gasteiger partial charge on any atom is 0.255 e. The molecule has 0 saturated carbocycles. The Morgan fingerprint density at radius 2 is 2.13 bits per heavy atom. The summed E-state index contributed by atoms with van der Waals surface area (Å²) in [5, 5.41) is 2.89. The molecule has 2 aromatic rings. The van der Waals surface area contributed by atoms with E-state index in [4.69, 9.17) is 4.74 Å². The van der Waals surface area contributed by atoms with Gasteiger partial charge in [0, 0.05) is 24.3 Å². The lowest BCUT2D eigenvalue weighted by Gasteiger charge is -2.25. The fourth-order valence-electron chi connectivity index (χ4n) is 2.77. The molecule has 1 N–H and O–H groups in total. The van der Waals surface area contributed by atoms with Crippen LogP contribution in [0.4, 0.5) is 10.1 Å². The van der Waals surface area contributed by atoms with E-state index in [-0.39, 0.29) is 5.91 Å². The summed E-state index contributed by atoms with van der Waals surface area (Å²) in [5.41, 5.74) is 3.78. The van der Waals surface area contributed by atoms with Crippen LogP contribution in [-0.2, 0) is 13.0 Å². The average molecular weight is 314 g/mol. The Bertz CT molecular complexity index is 718. The van der Waals surface area contributed by atoms with Crippen LogP contribution >= 0.6 is 0 Å². The average Bonchev–Trinajstić information content (AvgIpc) is 2.55. The molecule has 1 aliphatic rings. The van der Waals surface area contributed by atoms with Crippen molar-refractivity contribution >= 4 is 11.6 Å². The highest BCUT2D eigenvalue weighted by molar-refractivity contribution is 6.04. The molecule has 0 aromatic heterocycles. The first kappa shape index (κ1) is 15.5. The van der Waals surface area contributed by atoms with Crippen molar-refractivity contribution in [2.45, 2.75) is 13.0 Å². The zero-order valence-electron chi connectivity index (χ0n) is 13.0. The van der Waals surface area contributed by atoms with E-state index in [1.54, 1.807) is 18.2 Å². The Hall–Kier alpha value is -2.40. The molecule has 0 saturated heterocycles. The van der Waals surface area contributed by atoms with Crippen LogP contribution in [0.5, 0.6) is 5.75 Å². The Morgan fingerprint density at radius 1 is 1.26 bits per heavy atom. The summed E-state index contributed by atoms with van der Waals surface area (Å²) in [6.07, 6.45) is 1.03. The molecule has 120 valence electrons. The van der Waals surface area contributed by atoms with E-state index in [1.807, 2.05) is 12.1 Å². The number of likely N-dealkylation sites (N-methyl/N-ethyl adjacent to an activating group) is 1. The lowest BCUT2D eigenvalue weighted by molar-refractivity contribution is 0.102. The Kier molecular flexibility index (Phi) is 4.57. The van der Waals surface area contributed by atoms with Crippen molar-refractivity contribution in [1.82, 2.24) is 4.90 Å². The van der Waals surface area contributed by atoms with E-state index in [0.717, 1.165) is 25.2 Å². The van der Waals surface area contributed by atoms with Crippen molar-refractivity contribution in [2.24, 2.45) is 0 Å². The molecular formula is C18H19FN2O2. The van der Waals surface area contributed by atoms with Gasteiger partial charge in [-0.25, -0.2) is 4.39 Å². The molecule has 1 heterocycles. The van der Waals surface area contributed by atoms with Crippen LogP contribution in [0.25, 0.3) is 0 Å². The first-order valence-corrected chi connectivity index (χ1v) is 7.56. The van der Waals surface area contributed by atoms with Gasteiger partial charge in [0.25, 0.3) is 5.91 Å². The summed E-state index contributed by atoms with van der Waals surface area (Å²) in [7, 11) is 2.09. The first-order chi connectivity index (χ1) is 11.2. The number of alkyl halides is 1. The largest absolute Gasteiger partial charge is 0.463 e. The Balaban J connectivity index is 1.75. The summed E-state index contributed by atoms with van der Waals surface area (Å²) in [6, 6.07) is 12.5. The predicted molar refractivity (Wildman–Crippen MR) is 87.5 cm³/mol. The topological polar surface area (TPSA) is 41.6 Å². The number of ether oxygens (including phenoxy) is 1. The molecule has 1 amide bonds. The van der Waals surface area contributed by atoms with E-state index in [9.17, 15) is 9.18 Å². The number of rotatable bonds is 4. The number of anilines is 1. The van der Waals surface area contributed by atoms with E-state index in [1.165, 1.54) is 17.2 Å². The summed E-state index contributed by atoms with van der Waals surface area (Å²) in [5.74, 6) is 0.102. The van der Waals surface area contributed by atoms with E-state index >= 15 is 0 Å². The molecule has 0 aliphatic carbocycles. The fourth-order valence-corrected chi connectivity index (χ4v) is 2.77. The van der Waals surface area contributed by atoms with Crippen molar-refractivity contribution in [2.75, 3.05) is 25.8 Å². The third-order valence-corrected chi connectivity index (χ3v) is 3.98. The van der Waals surface area contributed by atoms with Crippen LogP contribution in [0.2, 0.25) is 0 Å². The second-order valence-corrected chi connectivity index (χ2v) is 5.71. The third-order valence-electron chi connectivity index (χ3n) is 3.98. The molecule has 0 radical (unpaired) electrons. The minimum Gasteiger partial charge on any atom is -0.463 e. The lowest BCUT2D eigenvalue weighted by Crippen LogP contribution is -2.26. The number of nitrogens with zero attached hydrogens (tertiary/aromatic N) is 1. The second-order valence-electron chi connectivity index (χ2n) is 5.71. The number of carbonyl (C=O) groups is 1. The monoisotopic (exact) mass is 314 g/mol. The molecular weight excluding hydrogens is 295 g/mol. The van der Waals surface area contributed by atoms with Crippen LogP contribution in [0.1, 0.15) is 21.5 Å². The first-order valence-electron chi connectivity index (χ1n) is 7.56. The predicted octanol–water partition coefficient (Wildman–Crippen LogP) is 3.23. The van der Waals surface area contributed by atoms with Gasteiger partial charge in [0.1, 0.15) is 5.75 Å². The third kappa shape index (κ3) is 3.68. The van der Waals surface area contributed by atoms with Gasteiger partial charge in [-0.1, -0.05) is 12.1 Å². The minimum atomic E-state index is -0.913. The molecule has 23 heavy (non-hydrogen) atoms. The minimum absolute atomic E-state index is 0.238. The van der Waals surface area contributed by atoms with Gasteiger partial charge in [-0.3, -0.25) is 4.79 Å². The molecule has 0 spiro atoms. The lowest BCUT2D eigenvalue weighted by atomic mass is 9.99. The van der Waals surface area contributed by atoms with Gasteiger partial charge in [-0.05, 0) is 54.9 Å². The van der Waals surface area contributed by atoms with Crippen molar-refractivity contribution in [3.8, 4) is 5.75 Å². The second kappa shape index (κ2) is 6.79. The van der Waals surface area contributed by atoms with Gasteiger partial charge in [-0.15, -0.1) is 0 Å². The van der Waals surface area contributed by atoms with Gasteiger partial charge in [0.05, 0.1) is 0 Å². The molecule has 3 rings (SSSR count). The number of halogens is 1. The van der Waals surface area contributed by atoms with Gasteiger partial charge >= 0.3 is 0 Å². The number of carbonyl (C=O) groups excluding carboxylic acids is 1. The molecule has 0 atom stereocenters. The maximum atomic E-state index is 12.3. The summed E-state index contributed by atoms with van der Waals surface area (Å²) >= 11 is 0. The maximum absolute atomic E-state index is 12.3. The molecule has 1 aliphatic heterocycles. The number of benzene rings is 2. The van der Waals surface area contributed by atoms with Gasteiger partial charge in [-0.2, -0.15) is 0 Å². The summed E-state index contributed by atoms with van der Waals surface area (Å²) in [6.45, 7) is 1.03. The number of nitrogens with one attached hydrogen (secondary N) is 1. The van der Waals surface area contributed by atoms with Crippen LogP contribution < -0.4 is 10.1 Å². The van der Waals surface area contributed by atoms with E-state index < -0.39 is 6.86 Å². The van der Waals surface area contributed by atoms with Crippen LogP contribution in [0.15, 0.2) is 42.5 Å².